The molecule has 0 aromatic heterocycles. The van der Waals surface area contributed by atoms with Crippen molar-refractivity contribution in [3.63, 3.8) is 0 Å². The molecule has 0 aliphatic rings. The number of nitrogens with two attached hydrogens (primary N) is 1. The number of nitrogen functional groups attached to an aromatic ring is 1. The molecule has 0 saturated heterocycles. The van der Waals surface area contributed by atoms with Crippen LogP contribution < -0.4 is 5.73 Å². The van der Waals surface area contributed by atoms with Gasteiger partial charge in [-0.05, 0) is 0 Å². The van der Waals surface area contributed by atoms with Crippen LogP contribution in [0, 0.1) is 5.82 Å². The van der Waals surface area contributed by atoms with Crippen molar-refractivity contribution >= 4 is 17.3 Å². The number of halogens is 2. The molecule has 0 fully saturated rings. The molecule has 0 aliphatic heterocycles. The second-order valence-electron chi connectivity index (χ2n) is 1.83. The molecule has 0 bridgehead atoms. The Labute approximate surface area is 62.0 Å². The smallest absolute Gasteiger partial charge is 0.166 e. The van der Waals surface area contributed by atoms with Gasteiger partial charge >= 0.3 is 0 Å². The van der Waals surface area contributed by atoms with Crippen molar-refractivity contribution < 1.29 is 9.50 Å². The molecule has 1 rings (SSSR count). The quantitative estimate of drug-likeness (QED) is 0.450. The van der Waals surface area contributed by atoms with Crippen molar-refractivity contribution in [2.75, 3.05) is 5.73 Å². The van der Waals surface area contributed by atoms with Gasteiger partial charge in [0, 0.05) is 12.1 Å². The van der Waals surface area contributed by atoms with Crippen LogP contribution in [0.1, 0.15) is 0 Å². The van der Waals surface area contributed by atoms with Crippen molar-refractivity contribution in [2.24, 2.45) is 0 Å². The van der Waals surface area contributed by atoms with Crippen LogP contribution in [0.5, 0.6) is 5.75 Å². The molecule has 4 heteroatoms. The van der Waals surface area contributed by atoms with Crippen LogP contribution in [-0.4, -0.2) is 5.11 Å². The molecule has 0 saturated carbocycles. The zero-order valence-corrected chi connectivity index (χ0v) is 5.69. The van der Waals surface area contributed by atoms with E-state index < -0.39 is 11.6 Å². The minimum Gasteiger partial charge on any atom is -0.505 e. The highest BCUT2D eigenvalue weighted by molar-refractivity contribution is 6.33. The Balaban J connectivity index is 3.28. The Kier molecular flexibility index (Phi) is 1.68. The monoisotopic (exact) mass is 161 g/mol. The summed E-state index contributed by atoms with van der Waals surface area (Å²) in [4.78, 5) is 0. The van der Waals surface area contributed by atoms with E-state index in [1.165, 1.54) is 0 Å². The highest BCUT2D eigenvalue weighted by atomic mass is 35.5. The largest absolute Gasteiger partial charge is 0.505 e. The van der Waals surface area contributed by atoms with Crippen LogP contribution in [0.2, 0.25) is 5.02 Å². The highest BCUT2D eigenvalue weighted by Gasteiger charge is 2.03. The minimum absolute atomic E-state index is 0.122. The summed E-state index contributed by atoms with van der Waals surface area (Å²) in [6.07, 6.45) is 0. The van der Waals surface area contributed by atoms with Gasteiger partial charge in [0.15, 0.2) is 11.6 Å². The summed E-state index contributed by atoms with van der Waals surface area (Å²) < 4.78 is 12.4. The summed E-state index contributed by atoms with van der Waals surface area (Å²) in [6.45, 7) is 0. The maximum atomic E-state index is 12.4. The summed E-state index contributed by atoms with van der Waals surface area (Å²) >= 11 is 5.43. The van der Waals surface area contributed by atoms with Gasteiger partial charge in [-0.15, -0.1) is 0 Å². The first-order valence-corrected chi connectivity index (χ1v) is 2.92. The first-order chi connectivity index (χ1) is 4.61. The predicted molar refractivity (Wildman–Crippen MR) is 37.5 cm³/mol. The number of phenols is 1. The lowest BCUT2D eigenvalue weighted by Crippen LogP contribution is -1.87. The average molecular weight is 162 g/mol. The molecule has 0 radical (unpaired) electrons. The van der Waals surface area contributed by atoms with E-state index in [-0.39, 0.29) is 10.7 Å². The van der Waals surface area contributed by atoms with E-state index in [4.69, 9.17) is 22.4 Å². The highest BCUT2D eigenvalue weighted by Crippen LogP contribution is 2.26. The number of benzene rings is 1. The van der Waals surface area contributed by atoms with E-state index in [9.17, 15) is 4.39 Å². The van der Waals surface area contributed by atoms with Gasteiger partial charge in [-0.25, -0.2) is 4.39 Å². The topological polar surface area (TPSA) is 46.2 Å². The molecule has 0 unspecified atom stereocenters. The first kappa shape index (κ1) is 7.15. The maximum absolute atomic E-state index is 12.4. The number of anilines is 1. The number of hydrogen-bond acceptors (Lipinski definition) is 2. The van der Waals surface area contributed by atoms with Gasteiger partial charge in [0.1, 0.15) is 0 Å². The van der Waals surface area contributed by atoms with Crippen molar-refractivity contribution in [1.29, 1.82) is 0 Å². The van der Waals surface area contributed by atoms with Crippen LogP contribution in [0.3, 0.4) is 0 Å². The lowest BCUT2D eigenvalue weighted by molar-refractivity contribution is 0.433. The van der Waals surface area contributed by atoms with Gasteiger partial charge in [-0.1, -0.05) is 11.6 Å². The molecule has 0 atom stereocenters. The fourth-order valence-electron chi connectivity index (χ4n) is 0.552. The van der Waals surface area contributed by atoms with Gasteiger partial charge in [-0.3, -0.25) is 0 Å². The predicted octanol–water partition coefficient (Wildman–Crippen LogP) is 1.77. The summed E-state index contributed by atoms with van der Waals surface area (Å²) in [6, 6.07) is 2.03. The van der Waals surface area contributed by atoms with Gasteiger partial charge in [0.25, 0.3) is 0 Å². The Bertz CT molecular complexity index is 214. The lowest BCUT2D eigenvalue weighted by Gasteiger charge is -1.98. The molecule has 0 aliphatic carbocycles. The van der Waals surface area contributed by atoms with Gasteiger partial charge in [0.05, 0.1) is 10.7 Å². The molecule has 10 heavy (non-hydrogen) atoms. The molecule has 1 aromatic carbocycles. The Morgan fingerprint density at radius 2 is 2.10 bits per heavy atom. The molecule has 0 heterocycles. The Morgan fingerprint density at radius 1 is 1.50 bits per heavy atom. The Morgan fingerprint density at radius 3 is 2.60 bits per heavy atom. The third-order valence-electron chi connectivity index (χ3n) is 1.07. The zero-order valence-electron chi connectivity index (χ0n) is 4.94. The average Bonchev–Trinajstić information content (AvgIpc) is 1.84. The maximum Gasteiger partial charge on any atom is 0.166 e. The van der Waals surface area contributed by atoms with Gasteiger partial charge in [0.2, 0.25) is 0 Å². The van der Waals surface area contributed by atoms with Crippen LogP contribution in [0.4, 0.5) is 10.1 Å². The van der Waals surface area contributed by atoms with Crippen molar-refractivity contribution in [2.45, 2.75) is 0 Å². The fraction of sp³-hybridized carbons (Fsp3) is 0. The third-order valence-corrected chi connectivity index (χ3v) is 1.39. The van der Waals surface area contributed by atoms with Crippen molar-refractivity contribution in [3.8, 4) is 5.75 Å². The Hall–Kier alpha value is -0.960. The zero-order chi connectivity index (χ0) is 7.72. The molecular formula is C6H5ClFNO. The van der Waals surface area contributed by atoms with Gasteiger partial charge in [-0.2, -0.15) is 0 Å². The molecular weight excluding hydrogens is 157 g/mol. The number of phenolic OH excluding ortho intramolecular Hbond substituents is 1. The fourth-order valence-corrected chi connectivity index (χ4v) is 0.710. The lowest BCUT2D eigenvalue weighted by atomic mass is 10.3. The molecule has 54 valence electrons. The van der Waals surface area contributed by atoms with Gasteiger partial charge < -0.3 is 10.8 Å². The normalized spacial score (nSPS) is 9.80. The second kappa shape index (κ2) is 2.34. The van der Waals surface area contributed by atoms with E-state index in [1.54, 1.807) is 0 Å². The minimum atomic E-state index is -0.762. The van der Waals surface area contributed by atoms with E-state index in [2.05, 4.69) is 0 Å². The van der Waals surface area contributed by atoms with E-state index >= 15 is 0 Å². The van der Waals surface area contributed by atoms with E-state index in [0.717, 1.165) is 12.1 Å². The van der Waals surface area contributed by atoms with Crippen LogP contribution in [0.15, 0.2) is 12.1 Å². The first-order valence-electron chi connectivity index (χ1n) is 2.54. The van der Waals surface area contributed by atoms with E-state index in [0.29, 0.717) is 0 Å². The van der Waals surface area contributed by atoms with Crippen LogP contribution >= 0.6 is 11.6 Å². The summed E-state index contributed by atoms with van der Waals surface area (Å²) in [7, 11) is 0. The van der Waals surface area contributed by atoms with E-state index in [1.807, 2.05) is 0 Å². The number of aromatic hydroxyl groups is 1. The van der Waals surface area contributed by atoms with Crippen LogP contribution in [0.25, 0.3) is 0 Å². The molecule has 0 spiro atoms. The molecule has 2 nitrogen and oxygen atoms in total. The molecule has 0 amide bonds. The van der Waals surface area contributed by atoms with Crippen LogP contribution in [-0.2, 0) is 0 Å². The second-order valence-corrected chi connectivity index (χ2v) is 2.23. The van der Waals surface area contributed by atoms with Crippen molar-refractivity contribution in [1.82, 2.24) is 0 Å². The van der Waals surface area contributed by atoms with Crippen molar-refractivity contribution in [3.05, 3.63) is 23.0 Å². The molecule has 3 N–H and O–H groups in total. The summed E-state index contributed by atoms with van der Waals surface area (Å²) in [5, 5.41) is 8.86. The number of rotatable bonds is 0. The SMILES string of the molecule is Nc1cc(F)c(O)cc1Cl. The third kappa shape index (κ3) is 1.14. The summed E-state index contributed by atoms with van der Waals surface area (Å²) in [5.41, 5.74) is 5.33. The molecule has 1 aromatic rings. The number of hydrogen-bond donors (Lipinski definition) is 2. The standard InChI is InChI=1S/C6H5ClFNO/c7-3-1-6(10)4(8)2-5(3)9/h1-2,10H,9H2. The summed E-state index contributed by atoms with van der Waals surface area (Å²) in [5.74, 6) is -1.25.